The Labute approximate surface area is 99.3 Å². The Balaban J connectivity index is 2.49. The van der Waals surface area contributed by atoms with Crippen LogP contribution in [0.1, 0.15) is 25.3 Å². The first kappa shape index (κ1) is 14.0. The molecule has 1 heterocycles. The molecule has 1 unspecified atom stereocenters. The fourth-order valence-corrected chi connectivity index (χ4v) is 1.71. The van der Waals surface area contributed by atoms with Crippen LogP contribution in [0.5, 0.6) is 0 Å². The van der Waals surface area contributed by atoms with Crippen LogP contribution in [-0.4, -0.2) is 23.7 Å². The second-order valence-corrected chi connectivity index (χ2v) is 3.97. The maximum absolute atomic E-state index is 12.2. The van der Waals surface area contributed by atoms with Crippen molar-refractivity contribution >= 4 is 0 Å². The van der Waals surface area contributed by atoms with Crippen molar-refractivity contribution in [3.05, 3.63) is 30.1 Å². The number of hydrogen-bond acceptors (Lipinski definition) is 2. The number of pyridine rings is 1. The number of likely N-dealkylation sites (N-methyl/N-ethyl adjacent to an activating group) is 1. The Kier molecular flexibility index (Phi) is 5.41. The quantitative estimate of drug-likeness (QED) is 0.834. The van der Waals surface area contributed by atoms with Crippen molar-refractivity contribution in [2.75, 3.05) is 6.54 Å². The molecule has 5 heteroatoms. The molecule has 17 heavy (non-hydrogen) atoms. The van der Waals surface area contributed by atoms with E-state index in [9.17, 15) is 13.2 Å². The summed E-state index contributed by atoms with van der Waals surface area (Å²) in [5, 5.41) is 3.08. The first-order valence-corrected chi connectivity index (χ1v) is 5.70. The topological polar surface area (TPSA) is 24.9 Å². The molecular formula is C12H17F3N2. The lowest BCUT2D eigenvalue weighted by Crippen LogP contribution is -2.32. The van der Waals surface area contributed by atoms with Gasteiger partial charge in [0.15, 0.2) is 0 Å². The monoisotopic (exact) mass is 246 g/mol. The van der Waals surface area contributed by atoms with Crippen molar-refractivity contribution in [2.24, 2.45) is 0 Å². The molecule has 0 aliphatic carbocycles. The third-order valence-electron chi connectivity index (χ3n) is 2.50. The van der Waals surface area contributed by atoms with E-state index in [1.54, 1.807) is 12.4 Å². The van der Waals surface area contributed by atoms with E-state index < -0.39 is 12.6 Å². The Morgan fingerprint density at radius 3 is 2.47 bits per heavy atom. The van der Waals surface area contributed by atoms with Crippen LogP contribution in [0.15, 0.2) is 24.5 Å². The third-order valence-corrected chi connectivity index (χ3v) is 2.50. The Hall–Kier alpha value is -1.10. The second kappa shape index (κ2) is 6.59. The van der Waals surface area contributed by atoms with E-state index in [1.165, 1.54) is 0 Å². The molecule has 1 aromatic heterocycles. The Bertz CT molecular complexity index is 311. The third kappa shape index (κ3) is 6.26. The smallest absolute Gasteiger partial charge is 0.314 e. The highest BCUT2D eigenvalue weighted by Gasteiger charge is 2.28. The van der Waals surface area contributed by atoms with Gasteiger partial charge in [-0.05, 0) is 37.1 Å². The van der Waals surface area contributed by atoms with Crippen molar-refractivity contribution < 1.29 is 13.2 Å². The van der Waals surface area contributed by atoms with Crippen LogP contribution in [0.4, 0.5) is 13.2 Å². The van der Waals surface area contributed by atoms with Gasteiger partial charge in [0, 0.05) is 24.9 Å². The standard InChI is InChI=1S/C12H17F3N2/c1-2-17-11(3-6-12(13,14)15)9-10-4-7-16-8-5-10/h4-5,7-8,11,17H,2-3,6,9H2,1H3. The summed E-state index contributed by atoms with van der Waals surface area (Å²) in [4.78, 5) is 3.88. The minimum Gasteiger partial charge on any atom is -0.314 e. The van der Waals surface area contributed by atoms with Gasteiger partial charge in [-0.3, -0.25) is 4.98 Å². The average Bonchev–Trinajstić information content (AvgIpc) is 2.27. The molecule has 0 amide bonds. The van der Waals surface area contributed by atoms with Crippen molar-refractivity contribution in [1.29, 1.82) is 0 Å². The largest absolute Gasteiger partial charge is 0.389 e. The Morgan fingerprint density at radius 2 is 1.94 bits per heavy atom. The van der Waals surface area contributed by atoms with Crippen LogP contribution in [0.3, 0.4) is 0 Å². The van der Waals surface area contributed by atoms with Gasteiger partial charge in [-0.2, -0.15) is 13.2 Å². The summed E-state index contributed by atoms with van der Waals surface area (Å²) in [5.41, 5.74) is 1.01. The van der Waals surface area contributed by atoms with Crippen LogP contribution < -0.4 is 5.32 Å². The zero-order valence-corrected chi connectivity index (χ0v) is 9.80. The number of rotatable bonds is 6. The first-order valence-electron chi connectivity index (χ1n) is 5.70. The van der Waals surface area contributed by atoms with Crippen molar-refractivity contribution in [3.8, 4) is 0 Å². The SMILES string of the molecule is CCNC(CCC(F)(F)F)Cc1ccncc1. The summed E-state index contributed by atoms with van der Waals surface area (Å²) >= 11 is 0. The van der Waals surface area contributed by atoms with E-state index in [4.69, 9.17) is 0 Å². The molecular weight excluding hydrogens is 229 g/mol. The second-order valence-electron chi connectivity index (χ2n) is 3.97. The zero-order chi connectivity index (χ0) is 12.7. The highest BCUT2D eigenvalue weighted by Crippen LogP contribution is 2.23. The normalized spacial score (nSPS) is 13.6. The van der Waals surface area contributed by atoms with E-state index in [2.05, 4.69) is 10.3 Å². The van der Waals surface area contributed by atoms with Crippen LogP contribution in [0.2, 0.25) is 0 Å². The number of alkyl halides is 3. The van der Waals surface area contributed by atoms with Gasteiger partial charge in [0.2, 0.25) is 0 Å². The van der Waals surface area contributed by atoms with Gasteiger partial charge >= 0.3 is 6.18 Å². The van der Waals surface area contributed by atoms with Crippen molar-refractivity contribution in [1.82, 2.24) is 10.3 Å². The van der Waals surface area contributed by atoms with Gasteiger partial charge in [-0.15, -0.1) is 0 Å². The maximum atomic E-state index is 12.2. The lowest BCUT2D eigenvalue weighted by Gasteiger charge is -2.18. The van der Waals surface area contributed by atoms with Gasteiger partial charge in [0.1, 0.15) is 0 Å². The molecule has 1 rings (SSSR count). The molecule has 2 nitrogen and oxygen atoms in total. The van der Waals surface area contributed by atoms with Gasteiger partial charge in [0.05, 0.1) is 0 Å². The van der Waals surface area contributed by atoms with Gasteiger partial charge in [-0.25, -0.2) is 0 Å². The number of halogens is 3. The zero-order valence-electron chi connectivity index (χ0n) is 9.80. The minimum atomic E-state index is -4.08. The number of aromatic nitrogens is 1. The molecule has 96 valence electrons. The molecule has 0 aliphatic heterocycles. The molecule has 0 aliphatic rings. The molecule has 0 radical (unpaired) electrons. The van der Waals surface area contributed by atoms with E-state index in [-0.39, 0.29) is 12.5 Å². The van der Waals surface area contributed by atoms with Crippen LogP contribution in [0.25, 0.3) is 0 Å². The predicted octanol–water partition coefficient (Wildman–Crippen LogP) is 2.94. The number of nitrogens with one attached hydrogen (secondary N) is 1. The maximum Gasteiger partial charge on any atom is 0.389 e. The number of hydrogen-bond donors (Lipinski definition) is 1. The van der Waals surface area contributed by atoms with Gasteiger partial charge < -0.3 is 5.32 Å². The Morgan fingerprint density at radius 1 is 1.29 bits per heavy atom. The summed E-state index contributed by atoms with van der Waals surface area (Å²) in [6.07, 6.45) is -0.794. The van der Waals surface area contributed by atoms with Crippen LogP contribution in [0, 0.1) is 0 Å². The molecule has 0 aromatic carbocycles. The van der Waals surface area contributed by atoms with E-state index in [1.807, 2.05) is 19.1 Å². The highest BCUT2D eigenvalue weighted by molar-refractivity contribution is 5.11. The summed E-state index contributed by atoms with van der Waals surface area (Å²) in [7, 11) is 0. The lowest BCUT2D eigenvalue weighted by molar-refractivity contribution is -0.136. The van der Waals surface area contributed by atoms with Crippen LogP contribution in [-0.2, 0) is 6.42 Å². The van der Waals surface area contributed by atoms with Crippen LogP contribution >= 0.6 is 0 Å². The fraction of sp³-hybridized carbons (Fsp3) is 0.583. The molecule has 0 spiro atoms. The molecule has 0 saturated carbocycles. The summed E-state index contributed by atoms with van der Waals surface area (Å²) in [6, 6.07) is 3.53. The van der Waals surface area contributed by atoms with Crippen molar-refractivity contribution in [3.63, 3.8) is 0 Å². The van der Waals surface area contributed by atoms with Gasteiger partial charge in [-0.1, -0.05) is 6.92 Å². The summed E-state index contributed by atoms with van der Waals surface area (Å²) in [6.45, 7) is 2.57. The minimum absolute atomic E-state index is 0.111. The molecule has 0 fully saturated rings. The van der Waals surface area contributed by atoms with Gasteiger partial charge in [0.25, 0.3) is 0 Å². The molecule has 0 bridgehead atoms. The molecule has 0 saturated heterocycles. The first-order chi connectivity index (χ1) is 8.01. The summed E-state index contributed by atoms with van der Waals surface area (Å²) in [5.74, 6) is 0. The molecule has 1 atom stereocenters. The molecule has 1 N–H and O–H groups in total. The highest BCUT2D eigenvalue weighted by atomic mass is 19.4. The van der Waals surface area contributed by atoms with E-state index in [0.717, 1.165) is 5.56 Å². The number of nitrogens with zero attached hydrogens (tertiary/aromatic N) is 1. The van der Waals surface area contributed by atoms with E-state index >= 15 is 0 Å². The summed E-state index contributed by atoms with van der Waals surface area (Å²) < 4.78 is 36.5. The molecule has 1 aromatic rings. The average molecular weight is 246 g/mol. The van der Waals surface area contributed by atoms with E-state index in [0.29, 0.717) is 13.0 Å². The lowest BCUT2D eigenvalue weighted by atomic mass is 10.0. The van der Waals surface area contributed by atoms with Crippen molar-refractivity contribution in [2.45, 2.75) is 38.4 Å². The fourth-order valence-electron chi connectivity index (χ4n) is 1.71. The predicted molar refractivity (Wildman–Crippen MR) is 60.7 cm³/mol.